The van der Waals surface area contributed by atoms with Crippen LogP contribution in [0.15, 0.2) is 48.5 Å². The molecule has 0 aliphatic carbocycles. The lowest BCUT2D eigenvalue weighted by Gasteiger charge is -2.35. The fraction of sp³-hybridized carbons (Fsp3) is 0.385. The minimum atomic E-state index is -0.320. The first-order chi connectivity index (χ1) is 17.0. The Kier molecular flexibility index (Phi) is 8.02. The van der Waals surface area contributed by atoms with Gasteiger partial charge in [-0.15, -0.1) is 0 Å². The van der Waals surface area contributed by atoms with Gasteiger partial charge in [0, 0.05) is 25.2 Å². The van der Waals surface area contributed by atoms with Gasteiger partial charge in [-0.2, -0.15) is 0 Å². The average Bonchev–Trinajstić information content (AvgIpc) is 3.27. The van der Waals surface area contributed by atoms with Crippen LogP contribution in [0, 0.1) is 0 Å². The maximum Gasteiger partial charge on any atom is 0.410 e. The molecule has 2 aliphatic rings. The highest BCUT2D eigenvalue weighted by atomic mass is 35.5. The van der Waals surface area contributed by atoms with Crippen molar-refractivity contribution in [2.45, 2.75) is 25.0 Å². The zero-order valence-corrected chi connectivity index (χ0v) is 20.6. The number of cyclic esters (lactones) is 1. The van der Waals surface area contributed by atoms with Crippen molar-refractivity contribution in [1.82, 2.24) is 9.80 Å². The second-order valence-corrected chi connectivity index (χ2v) is 8.75. The van der Waals surface area contributed by atoms with E-state index in [0.717, 1.165) is 5.75 Å². The fourth-order valence-corrected chi connectivity index (χ4v) is 4.63. The number of nitrogens with zero attached hydrogens (tertiary/aromatic N) is 2. The summed E-state index contributed by atoms with van der Waals surface area (Å²) in [6, 6.07) is 13.0. The maximum absolute atomic E-state index is 12.7. The predicted octanol–water partition coefficient (Wildman–Crippen LogP) is 4.26. The Bertz CT molecular complexity index is 1070. The van der Waals surface area contributed by atoms with Gasteiger partial charge in [0.1, 0.15) is 12.4 Å². The topological polar surface area (TPSA) is 77.5 Å². The third-order valence-corrected chi connectivity index (χ3v) is 6.61. The van der Waals surface area contributed by atoms with Gasteiger partial charge in [0.15, 0.2) is 17.6 Å². The lowest BCUT2D eigenvalue weighted by Crippen LogP contribution is -2.47. The van der Waals surface area contributed by atoms with Crippen molar-refractivity contribution in [1.29, 1.82) is 0 Å². The van der Waals surface area contributed by atoms with Crippen LogP contribution in [0.4, 0.5) is 4.79 Å². The molecule has 0 spiro atoms. The van der Waals surface area contributed by atoms with Crippen LogP contribution in [0.3, 0.4) is 0 Å². The second kappa shape index (κ2) is 11.4. The van der Waals surface area contributed by atoms with E-state index in [9.17, 15) is 9.59 Å². The molecule has 35 heavy (non-hydrogen) atoms. The van der Waals surface area contributed by atoms with Crippen molar-refractivity contribution >= 4 is 29.7 Å². The van der Waals surface area contributed by atoms with Gasteiger partial charge in [-0.25, -0.2) is 4.79 Å². The molecule has 2 saturated heterocycles. The van der Waals surface area contributed by atoms with Gasteiger partial charge in [-0.1, -0.05) is 29.8 Å². The highest BCUT2D eigenvalue weighted by Gasteiger charge is 2.38. The number of rotatable bonds is 8. The number of amides is 2. The number of halogens is 1. The molecule has 1 atom stereocenters. The summed E-state index contributed by atoms with van der Waals surface area (Å²) in [4.78, 5) is 28.7. The normalized spacial score (nSPS) is 18.6. The van der Waals surface area contributed by atoms with E-state index in [4.69, 9.17) is 30.5 Å². The fourth-order valence-electron chi connectivity index (χ4n) is 4.33. The van der Waals surface area contributed by atoms with Crippen molar-refractivity contribution in [3.63, 3.8) is 0 Å². The van der Waals surface area contributed by atoms with E-state index in [-0.39, 0.29) is 24.1 Å². The quantitative estimate of drug-likeness (QED) is 0.504. The molecule has 4 rings (SSSR count). The predicted molar refractivity (Wildman–Crippen MR) is 132 cm³/mol. The number of piperidine rings is 1. The molecule has 2 aromatic rings. The van der Waals surface area contributed by atoms with Crippen molar-refractivity contribution < 1.29 is 28.5 Å². The molecule has 2 aromatic carbocycles. The van der Waals surface area contributed by atoms with Crippen LogP contribution in [0.5, 0.6) is 17.2 Å². The first kappa shape index (κ1) is 24.7. The van der Waals surface area contributed by atoms with Crippen LogP contribution >= 0.6 is 11.6 Å². The molecule has 0 bridgehead atoms. The van der Waals surface area contributed by atoms with E-state index >= 15 is 0 Å². The Morgan fingerprint density at radius 1 is 1.11 bits per heavy atom. The van der Waals surface area contributed by atoms with Crippen molar-refractivity contribution in [2.75, 3.05) is 40.5 Å². The largest absolute Gasteiger partial charge is 0.493 e. The number of likely N-dealkylation sites (tertiary alicyclic amines) is 1. The number of ether oxygens (including phenoxy) is 4. The molecular formula is C26H29ClN2O6. The number of benzene rings is 2. The Balaban J connectivity index is 1.28. The van der Waals surface area contributed by atoms with Crippen molar-refractivity contribution in [2.24, 2.45) is 0 Å². The smallest absolute Gasteiger partial charge is 0.410 e. The standard InChI is InChI=1S/C26H29ClN2O6/c1-32-22-10-8-18(24(27)25(22)33-2)9-11-23(30)28-14-12-19(13-15-28)29-16-21(35-26(29)31)17-34-20-6-4-3-5-7-20/h3-11,19,21H,12-17H2,1-2H3. The van der Waals surface area contributed by atoms with Crippen LogP contribution in [-0.4, -0.2) is 74.4 Å². The van der Waals surface area contributed by atoms with Gasteiger partial charge < -0.3 is 28.7 Å². The Morgan fingerprint density at radius 3 is 2.54 bits per heavy atom. The van der Waals surface area contributed by atoms with Crippen LogP contribution < -0.4 is 14.2 Å². The number of methoxy groups -OCH3 is 2. The lowest BCUT2D eigenvalue weighted by molar-refractivity contribution is -0.127. The zero-order valence-electron chi connectivity index (χ0n) is 19.8. The van der Waals surface area contributed by atoms with Gasteiger partial charge in [-0.3, -0.25) is 4.79 Å². The van der Waals surface area contributed by atoms with Crippen molar-refractivity contribution in [3.8, 4) is 17.2 Å². The second-order valence-electron chi connectivity index (χ2n) is 8.38. The number of para-hydroxylation sites is 1. The Morgan fingerprint density at radius 2 is 1.86 bits per heavy atom. The summed E-state index contributed by atoms with van der Waals surface area (Å²) in [6.45, 7) is 1.92. The number of hydrogen-bond donors (Lipinski definition) is 0. The van der Waals surface area contributed by atoms with Crippen LogP contribution in [0.2, 0.25) is 5.02 Å². The SMILES string of the molecule is COc1ccc(C=CC(=O)N2CCC(N3CC(COc4ccccc4)OC3=O)CC2)c(Cl)c1OC. The van der Waals surface area contributed by atoms with E-state index in [1.165, 1.54) is 20.3 Å². The van der Waals surface area contributed by atoms with Gasteiger partial charge >= 0.3 is 6.09 Å². The molecule has 9 heteroatoms. The zero-order chi connectivity index (χ0) is 24.8. The molecule has 2 aliphatic heterocycles. The lowest BCUT2D eigenvalue weighted by atomic mass is 10.0. The summed E-state index contributed by atoms with van der Waals surface area (Å²) in [7, 11) is 3.05. The van der Waals surface area contributed by atoms with Gasteiger partial charge in [0.2, 0.25) is 5.91 Å². The van der Waals surface area contributed by atoms with Crippen molar-refractivity contribution in [3.05, 3.63) is 59.1 Å². The summed E-state index contributed by atoms with van der Waals surface area (Å²) in [6.07, 6.45) is 3.94. The molecule has 2 heterocycles. The number of hydrogen-bond acceptors (Lipinski definition) is 6. The molecular weight excluding hydrogens is 472 g/mol. The number of carbonyl (C=O) groups excluding carboxylic acids is 2. The summed E-state index contributed by atoms with van der Waals surface area (Å²) in [5.41, 5.74) is 0.663. The number of carbonyl (C=O) groups is 2. The van der Waals surface area contributed by atoms with E-state index in [0.29, 0.717) is 61.2 Å². The molecule has 2 fully saturated rings. The highest BCUT2D eigenvalue weighted by molar-refractivity contribution is 6.33. The minimum absolute atomic E-state index is 0.0394. The Labute approximate surface area is 209 Å². The van der Waals surface area contributed by atoms with Crippen LogP contribution in [-0.2, 0) is 9.53 Å². The van der Waals surface area contributed by atoms with E-state index in [2.05, 4.69) is 0 Å². The summed E-state index contributed by atoms with van der Waals surface area (Å²) >= 11 is 6.40. The Hall–Kier alpha value is -3.39. The molecule has 186 valence electrons. The molecule has 0 aromatic heterocycles. The van der Waals surface area contributed by atoms with E-state index in [1.54, 1.807) is 28.0 Å². The molecule has 0 radical (unpaired) electrons. The van der Waals surface area contributed by atoms with Crippen LogP contribution in [0.25, 0.3) is 6.08 Å². The first-order valence-corrected chi connectivity index (χ1v) is 11.9. The van der Waals surface area contributed by atoms with E-state index < -0.39 is 0 Å². The average molecular weight is 501 g/mol. The van der Waals surface area contributed by atoms with Gasteiger partial charge in [0.25, 0.3) is 0 Å². The van der Waals surface area contributed by atoms with E-state index in [1.807, 2.05) is 30.3 Å². The molecule has 1 unspecified atom stereocenters. The molecule has 0 saturated carbocycles. The molecule has 0 N–H and O–H groups in total. The molecule has 2 amide bonds. The third kappa shape index (κ3) is 5.82. The summed E-state index contributed by atoms with van der Waals surface area (Å²) in [5, 5.41) is 0.382. The molecule has 8 nitrogen and oxygen atoms in total. The third-order valence-electron chi connectivity index (χ3n) is 6.22. The first-order valence-electron chi connectivity index (χ1n) is 11.5. The summed E-state index contributed by atoms with van der Waals surface area (Å²) in [5.74, 6) is 1.59. The van der Waals surface area contributed by atoms with Crippen LogP contribution in [0.1, 0.15) is 18.4 Å². The van der Waals surface area contributed by atoms with Gasteiger partial charge in [0.05, 0.1) is 25.8 Å². The minimum Gasteiger partial charge on any atom is -0.493 e. The maximum atomic E-state index is 12.7. The highest BCUT2D eigenvalue weighted by Crippen LogP contribution is 2.37. The summed E-state index contributed by atoms with van der Waals surface area (Å²) < 4.78 is 21.8. The van der Waals surface area contributed by atoms with Gasteiger partial charge in [-0.05, 0) is 48.7 Å². The monoisotopic (exact) mass is 500 g/mol.